The number of amides is 1. The Morgan fingerprint density at radius 1 is 0.943 bits per heavy atom. The standard InChI is InChI=1S/C29H33ClN2O3/c1-22-5-3-7-24(17-22)21-35-28(25-9-11-26(30)12-10-25)20-31-13-15-32(16-14-31)29(33)19-23-6-4-8-27(18-23)34-2/h3-12,17-18,28H,13-16,19-21H2,1-2H3. The van der Waals surface area contributed by atoms with Crippen LogP contribution in [-0.2, 0) is 22.6 Å². The van der Waals surface area contributed by atoms with Crippen molar-refractivity contribution in [2.24, 2.45) is 0 Å². The molecule has 3 aromatic carbocycles. The number of piperazine rings is 1. The average molecular weight is 493 g/mol. The van der Waals surface area contributed by atoms with Gasteiger partial charge in [0.1, 0.15) is 5.75 Å². The number of carbonyl (C=O) groups is 1. The number of carbonyl (C=O) groups excluding carboxylic acids is 1. The minimum atomic E-state index is -0.0770. The second kappa shape index (κ2) is 12.2. The van der Waals surface area contributed by atoms with E-state index in [1.165, 1.54) is 5.56 Å². The number of benzene rings is 3. The number of methoxy groups -OCH3 is 1. The van der Waals surface area contributed by atoms with Crippen LogP contribution in [0.4, 0.5) is 0 Å². The molecule has 1 heterocycles. The number of ether oxygens (including phenoxy) is 2. The van der Waals surface area contributed by atoms with Gasteiger partial charge in [0.15, 0.2) is 0 Å². The lowest BCUT2D eigenvalue weighted by atomic mass is 10.1. The van der Waals surface area contributed by atoms with Crippen LogP contribution in [0.2, 0.25) is 5.02 Å². The average Bonchev–Trinajstić information content (AvgIpc) is 2.87. The van der Waals surface area contributed by atoms with Gasteiger partial charge in [-0.05, 0) is 47.9 Å². The highest BCUT2D eigenvalue weighted by Gasteiger charge is 2.24. The molecule has 0 N–H and O–H groups in total. The van der Waals surface area contributed by atoms with Gasteiger partial charge in [0.25, 0.3) is 0 Å². The summed E-state index contributed by atoms with van der Waals surface area (Å²) in [7, 11) is 1.64. The fourth-order valence-corrected chi connectivity index (χ4v) is 4.54. The SMILES string of the molecule is COc1cccc(CC(=O)N2CCN(CC(OCc3cccc(C)c3)c3ccc(Cl)cc3)CC2)c1. The van der Waals surface area contributed by atoms with Crippen molar-refractivity contribution >= 4 is 17.5 Å². The molecule has 1 fully saturated rings. The smallest absolute Gasteiger partial charge is 0.227 e. The zero-order chi connectivity index (χ0) is 24.6. The third-order valence-corrected chi connectivity index (χ3v) is 6.67. The Balaban J connectivity index is 1.34. The summed E-state index contributed by atoms with van der Waals surface area (Å²) in [5.41, 5.74) is 4.48. The molecule has 1 aliphatic heterocycles. The summed E-state index contributed by atoms with van der Waals surface area (Å²) in [5.74, 6) is 0.932. The van der Waals surface area contributed by atoms with Crippen LogP contribution in [0.1, 0.15) is 28.4 Å². The molecule has 4 rings (SSSR count). The van der Waals surface area contributed by atoms with E-state index in [0.717, 1.165) is 42.1 Å². The molecule has 184 valence electrons. The molecule has 1 amide bonds. The van der Waals surface area contributed by atoms with E-state index < -0.39 is 0 Å². The molecule has 1 unspecified atom stereocenters. The predicted octanol–water partition coefficient (Wildman–Crippen LogP) is 5.30. The maximum atomic E-state index is 12.9. The largest absolute Gasteiger partial charge is 0.497 e. The van der Waals surface area contributed by atoms with E-state index in [-0.39, 0.29) is 12.0 Å². The van der Waals surface area contributed by atoms with Crippen LogP contribution in [0.15, 0.2) is 72.8 Å². The molecular formula is C29H33ClN2O3. The minimum Gasteiger partial charge on any atom is -0.497 e. The molecule has 1 saturated heterocycles. The summed E-state index contributed by atoms with van der Waals surface area (Å²) in [6.45, 7) is 6.49. The normalized spacial score (nSPS) is 15.1. The van der Waals surface area contributed by atoms with Gasteiger partial charge in [-0.2, -0.15) is 0 Å². The Bertz CT molecular complexity index is 1110. The van der Waals surface area contributed by atoms with Crippen LogP contribution in [-0.4, -0.2) is 55.5 Å². The number of aryl methyl sites for hydroxylation is 1. The van der Waals surface area contributed by atoms with Gasteiger partial charge in [0.2, 0.25) is 5.91 Å². The lowest BCUT2D eigenvalue weighted by molar-refractivity contribution is -0.132. The van der Waals surface area contributed by atoms with Gasteiger partial charge in [-0.1, -0.05) is 65.7 Å². The molecule has 0 radical (unpaired) electrons. The van der Waals surface area contributed by atoms with E-state index in [4.69, 9.17) is 21.1 Å². The number of hydrogen-bond acceptors (Lipinski definition) is 4. The second-order valence-corrected chi connectivity index (χ2v) is 9.49. The van der Waals surface area contributed by atoms with Crippen molar-refractivity contribution in [1.29, 1.82) is 0 Å². The van der Waals surface area contributed by atoms with Crippen LogP contribution in [0.3, 0.4) is 0 Å². The second-order valence-electron chi connectivity index (χ2n) is 9.05. The highest BCUT2D eigenvalue weighted by Crippen LogP contribution is 2.24. The van der Waals surface area contributed by atoms with Crippen molar-refractivity contribution in [1.82, 2.24) is 9.80 Å². The highest BCUT2D eigenvalue weighted by atomic mass is 35.5. The fraction of sp³-hybridized carbons (Fsp3) is 0.345. The molecule has 1 atom stereocenters. The zero-order valence-corrected chi connectivity index (χ0v) is 21.2. The van der Waals surface area contributed by atoms with Crippen molar-refractivity contribution in [2.45, 2.75) is 26.1 Å². The van der Waals surface area contributed by atoms with Gasteiger partial charge in [0, 0.05) is 37.7 Å². The topological polar surface area (TPSA) is 42.0 Å². The van der Waals surface area contributed by atoms with Crippen LogP contribution in [0.25, 0.3) is 0 Å². The van der Waals surface area contributed by atoms with Crippen molar-refractivity contribution in [3.8, 4) is 5.75 Å². The molecule has 0 spiro atoms. The third kappa shape index (κ3) is 7.31. The Morgan fingerprint density at radius 3 is 2.37 bits per heavy atom. The molecule has 1 aliphatic rings. The summed E-state index contributed by atoms with van der Waals surface area (Å²) < 4.78 is 11.7. The Labute approximate surface area is 213 Å². The van der Waals surface area contributed by atoms with Crippen molar-refractivity contribution in [2.75, 3.05) is 39.8 Å². The van der Waals surface area contributed by atoms with E-state index in [2.05, 4.69) is 36.1 Å². The van der Waals surface area contributed by atoms with Crippen LogP contribution in [0, 0.1) is 6.92 Å². The lowest BCUT2D eigenvalue weighted by Crippen LogP contribution is -2.50. The third-order valence-electron chi connectivity index (χ3n) is 6.41. The molecule has 3 aromatic rings. The number of halogens is 1. The first-order valence-electron chi connectivity index (χ1n) is 12.1. The number of rotatable bonds is 9. The van der Waals surface area contributed by atoms with Crippen LogP contribution < -0.4 is 4.74 Å². The predicted molar refractivity (Wildman–Crippen MR) is 140 cm³/mol. The van der Waals surface area contributed by atoms with Crippen molar-refractivity contribution in [3.63, 3.8) is 0 Å². The monoisotopic (exact) mass is 492 g/mol. The summed E-state index contributed by atoms with van der Waals surface area (Å²) in [6.07, 6.45) is 0.316. The van der Waals surface area contributed by atoms with Crippen LogP contribution in [0.5, 0.6) is 5.75 Å². The van der Waals surface area contributed by atoms with Gasteiger partial charge in [-0.15, -0.1) is 0 Å². The molecule has 0 aliphatic carbocycles. The molecule has 5 nitrogen and oxygen atoms in total. The highest BCUT2D eigenvalue weighted by molar-refractivity contribution is 6.30. The summed E-state index contributed by atoms with van der Waals surface area (Å²) >= 11 is 6.12. The molecule has 35 heavy (non-hydrogen) atoms. The maximum Gasteiger partial charge on any atom is 0.227 e. The first kappa shape index (κ1) is 25.2. The molecule has 0 saturated carbocycles. The fourth-order valence-electron chi connectivity index (χ4n) is 4.41. The Hall–Kier alpha value is -2.86. The van der Waals surface area contributed by atoms with Crippen LogP contribution >= 0.6 is 11.6 Å². The van der Waals surface area contributed by atoms with E-state index in [1.54, 1.807) is 7.11 Å². The zero-order valence-electron chi connectivity index (χ0n) is 20.5. The van der Waals surface area contributed by atoms with Gasteiger partial charge >= 0.3 is 0 Å². The molecular weight excluding hydrogens is 460 g/mol. The van der Waals surface area contributed by atoms with E-state index in [9.17, 15) is 4.79 Å². The van der Waals surface area contributed by atoms with Gasteiger partial charge in [0.05, 0.1) is 26.2 Å². The van der Waals surface area contributed by atoms with Crippen molar-refractivity contribution < 1.29 is 14.3 Å². The summed E-state index contributed by atoms with van der Waals surface area (Å²) in [4.78, 5) is 17.2. The summed E-state index contributed by atoms with van der Waals surface area (Å²) in [5, 5.41) is 0.717. The van der Waals surface area contributed by atoms with Crippen molar-refractivity contribution in [3.05, 3.63) is 100 Å². The molecule has 6 heteroatoms. The maximum absolute atomic E-state index is 12.9. The molecule has 0 bridgehead atoms. The van der Waals surface area contributed by atoms with Gasteiger partial charge in [-0.3, -0.25) is 9.69 Å². The molecule has 0 aromatic heterocycles. The quantitative estimate of drug-likeness (QED) is 0.406. The van der Waals surface area contributed by atoms with Gasteiger partial charge < -0.3 is 14.4 Å². The summed E-state index contributed by atoms with van der Waals surface area (Å²) in [6, 6.07) is 24.0. The van der Waals surface area contributed by atoms with Gasteiger partial charge in [-0.25, -0.2) is 0 Å². The Kier molecular flexibility index (Phi) is 8.80. The number of hydrogen-bond donors (Lipinski definition) is 0. The lowest BCUT2D eigenvalue weighted by Gasteiger charge is -2.36. The first-order chi connectivity index (χ1) is 17.0. The number of nitrogens with zero attached hydrogens (tertiary/aromatic N) is 2. The van der Waals surface area contributed by atoms with E-state index >= 15 is 0 Å². The minimum absolute atomic E-state index is 0.0770. The van der Waals surface area contributed by atoms with E-state index in [1.807, 2.05) is 53.4 Å². The van der Waals surface area contributed by atoms with E-state index in [0.29, 0.717) is 31.1 Å². The Morgan fingerprint density at radius 2 is 1.66 bits per heavy atom. The first-order valence-corrected chi connectivity index (χ1v) is 12.4.